The van der Waals surface area contributed by atoms with Crippen LogP contribution in [0, 0.1) is 0 Å². The maximum atomic E-state index is 11.9. The summed E-state index contributed by atoms with van der Waals surface area (Å²) < 4.78 is 44.8. The summed E-state index contributed by atoms with van der Waals surface area (Å²) >= 11 is 0. The normalized spacial score (nSPS) is 11.1. The Bertz CT molecular complexity index is 435. The van der Waals surface area contributed by atoms with Crippen molar-refractivity contribution < 1.29 is 27.4 Å². The Hall–Kier alpha value is -1.99. The zero-order valence-corrected chi connectivity index (χ0v) is 9.45. The minimum absolute atomic E-state index is 0.0284. The van der Waals surface area contributed by atoms with Gasteiger partial charge in [-0.1, -0.05) is 0 Å². The average Bonchev–Trinajstić information content (AvgIpc) is 2.26. The van der Waals surface area contributed by atoms with Gasteiger partial charge < -0.3 is 15.2 Å². The van der Waals surface area contributed by atoms with Crippen LogP contribution in [0.3, 0.4) is 0 Å². The SMILES string of the molecule is COC(=O)c1ccc(OCCC(F)(F)F)nc1N. The fourth-order valence-electron chi connectivity index (χ4n) is 1.09. The van der Waals surface area contributed by atoms with Crippen molar-refractivity contribution in [3.05, 3.63) is 17.7 Å². The topological polar surface area (TPSA) is 74.4 Å². The number of anilines is 1. The van der Waals surface area contributed by atoms with Crippen LogP contribution in [0.2, 0.25) is 0 Å². The molecule has 0 unspecified atom stereocenters. The lowest BCUT2D eigenvalue weighted by Crippen LogP contribution is -2.14. The molecule has 1 rings (SSSR count). The summed E-state index contributed by atoms with van der Waals surface area (Å²) in [4.78, 5) is 14.8. The number of ether oxygens (including phenoxy) is 2. The van der Waals surface area contributed by atoms with Crippen LogP contribution in [0.4, 0.5) is 19.0 Å². The van der Waals surface area contributed by atoms with Crippen molar-refractivity contribution in [2.24, 2.45) is 0 Å². The van der Waals surface area contributed by atoms with Crippen LogP contribution in [-0.4, -0.2) is 30.8 Å². The van der Waals surface area contributed by atoms with Crippen LogP contribution < -0.4 is 10.5 Å². The van der Waals surface area contributed by atoms with E-state index in [0.717, 1.165) is 0 Å². The third-order valence-corrected chi connectivity index (χ3v) is 1.94. The van der Waals surface area contributed by atoms with Crippen molar-refractivity contribution >= 4 is 11.8 Å². The first-order valence-electron chi connectivity index (χ1n) is 4.88. The molecule has 0 aliphatic carbocycles. The second-order valence-corrected chi connectivity index (χ2v) is 3.29. The summed E-state index contributed by atoms with van der Waals surface area (Å²) in [6, 6.07) is 2.52. The van der Waals surface area contributed by atoms with Crippen LogP contribution in [-0.2, 0) is 4.74 Å². The van der Waals surface area contributed by atoms with Crippen LogP contribution in [0.5, 0.6) is 5.88 Å². The fourth-order valence-corrected chi connectivity index (χ4v) is 1.09. The highest BCUT2D eigenvalue weighted by molar-refractivity contribution is 5.94. The largest absolute Gasteiger partial charge is 0.477 e. The monoisotopic (exact) mass is 264 g/mol. The molecule has 0 aliphatic heterocycles. The van der Waals surface area contributed by atoms with Gasteiger partial charge in [0.25, 0.3) is 0 Å². The van der Waals surface area contributed by atoms with Crippen LogP contribution >= 0.6 is 0 Å². The van der Waals surface area contributed by atoms with Crippen molar-refractivity contribution in [3.63, 3.8) is 0 Å². The van der Waals surface area contributed by atoms with Crippen molar-refractivity contribution in [1.82, 2.24) is 4.98 Å². The predicted octanol–water partition coefficient (Wildman–Crippen LogP) is 1.78. The van der Waals surface area contributed by atoms with E-state index < -0.39 is 25.2 Å². The number of nitrogen functional groups attached to an aromatic ring is 1. The number of aromatic nitrogens is 1. The summed E-state index contributed by atoms with van der Waals surface area (Å²) in [5, 5.41) is 0. The molecule has 0 fully saturated rings. The van der Waals surface area contributed by atoms with E-state index >= 15 is 0 Å². The van der Waals surface area contributed by atoms with Gasteiger partial charge >= 0.3 is 12.1 Å². The molecular weight excluding hydrogens is 253 g/mol. The van der Waals surface area contributed by atoms with Gasteiger partial charge in [-0.05, 0) is 6.07 Å². The molecule has 1 aromatic rings. The fraction of sp³-hybridized carbons (Fsp3) is 0.400. The highest BCUT2D eigenvalue weighted by atomic mass is 19.4. The van der Waals surface area contributed by atoms with Gasteiger partial charge in [-0.3, -0.25) is 0 Å². The Morgan fingerprint density at radius 1 is 1.44 bits per heavy atom. The maximum Gasteiger partial charge on any atom is 0.392 e. The minimum atomic E-state index is -4.29. The summed E-state index contributed by atoms with van der Waals surface area (Å²) in [5.41, 5.74) is 5.47. The first-order chi connectivity index (χ1) is 8.33. The lowest BCUT2D eigenvalue weighted by atomic mass is 10.2. The highest BCUT2D eigenvalue weighted by Gasteiger charge is 2.27. The Balaban J connectivity index is 2.65. The first kappa shape index (κ1) is 14.1. The Labute approximate surface area is 101 Å². The standard InChI is InChI=1S/C10H11F3N2O3/c1-17-9(16)6-2-3-7(15-8(6)14)18-5-4-10(11,12)13/h2-3H,4-5H2,1H3,(H2,14,15). The summed E-state index contributed by atoms with van der Waals surface area (Å²) in [6.45, 7) is -0.562. The zero-order chi connectivity index (χ0) is 13.8. The lowest BCUT2D eigenvalue weighted by molar-refractivity contribution is -0.139. The van der Waals surface area contributed by atoms with E-state index in [9.17, 15) is 18.0 Å². The van der Waals surface area contributed by atoms with Crippen molar-refractivity contribution in [2.75, 3.05) is 19.5 Å². The number of nitrogens with two attached hydrogens (primary N) is 1. The Morgan fingerprint density at radius 3 is 2.61 bits per heavy atom. The van der Waals surface area contributed by atoms with Gasteiger partial charge in [-0.15, -0.1) is 0 Å². The molecule has 1 aromatic heterocycles. The molecule has 100 valence electrons. The second kappa shape index (κ2) is 5.56. The molecule has 0 aromatic carbocycles. The average molecular weight is 264 g/mol. The zero-order valence-electron chi connectivity index (χ0n) is 9.45. The van der Waals surface area contributed by atoms with E-state index in [-0.39, 0.29) is 17.3 Å². The summed E-state index contributed by atoms with van der Waals surface area (Å²) in [6.07, 6.45) is -5.38. The number of pyridine rings is 1. The molecule has 0 saturated carbocycles. The van der Waals surface area contributed by atoms with Gasteiger partial charge in [-0.2, -0.15) is 18.2 Å². The maximum absolute atomic E-state index is 11.9. The number of alkyl halides is 3. The van der Waals surface area contributed by atoms with Crippen LogP contribution in [0.15, 0.2) is 12.1 Å². The van der Waals surface area contributed by atoms with Gasteiger partial charge in [0.05, 0.1) is 20.1 Å². The van der Waals surface area contributed by atoms with Crippen LogP contribution in [0.1, 0.15) is 16.8 Å². The van der Waals surface area contributed by atoms with Crippen molar-refractivity contribution in [2.45, 2.75) is 12.6 Å². The molecule has 0 radical (unpaired) electrons. The number of hydrogen-bond donors (Lipinski definition) is 1. The van der Waals surface area contributed by atoms with E-state index in [1.165, 1.54) is 19.2 Å². The summed E-state index contributed by atoms with van der Waals surface area (Å²) in [7, 11) is 1.18. The molecule has 5 nitrogen and oxygen atoms in total. The molecule has 18 heavy (non-hydrogen) atoms. The third kappa shape index (κ3) is 4.11. The smallest absolute Gasteiger partial charge is 0.392 e. The van der Waals surface area contributed by atoms with E-state index in [0.29, 0.717) is 0 Å². The number of nitrogens with zero attached hydrogens (tertiary/aromatic N) is 1. The third-order valence-electron chi connectivity index (χ3n) is 1.94. The summed E-state index contributed by atoms with van der Waals surface area (Å²) in [5.74, 6) is -0.919. The number of esters is 1. The highest BCUT2D eigenvalue weighted by Crippen LogP contribution is 2.21. The molecule has 0 spiro atoms. The molecule has 0 atom stereocenters. The number of methoxy groups -OCH3 is 1. The lowest BCUT2D eigenvalue weighted by Gasteiger charge is -2.09. The Morgan fingerprint density at radius 2 is 2.11 bits per heavy atom. The molecule has 0 bridgehead atoms. The molecule has 0 aliphatic rings. The predicted molar refractivity (Wildman–Crippen MR) is 56.2 cm³/mol. The van der Waals surface area contributed by atoms with Gasteiger partial charge in [0.2, 0.25) is 5.88 Å². The number of halogens is 3. The van der Waals surface area contributed by atoms with Crippen molar-refractivity contribution in [3.8, 4) is 5.88 Å². The van der Waals surface area contributed by atoms with E-state index in [2.05, 4.69) is 9.72 Å². The number of carbonyl (C=O) groups is 1. The van der Waals surface area contributed by atoms with E-state index in [1.807, 2.05) is 0 Å². The number of hydrogen-bond acceptors (Lipinski definition) is 5. The molecule has 1 heterocycles. The first-order valence-corrected chi connectivity index (χ1v) is 4.88. The minimum Gasteiger partial charge on any atom is -0.477 e. The quantitative estimate of drug-likeness (QED) is 0.839. The van der Waals surface area contributed by atoms with Gasteiger partial charge in [0.1, 0.15) is 11.4 Å². The molecular formula is C10H11F3N2O3. The van der Waals surface area contributed by atoms with Crippen LogP contribution in [0.25, 0.3) is 0 Å². The number of carbonyl (C=O) groups excluding carboxylic acids is 1. The van der Waals surface area contributed by atoms with E-state index in [1.54, 1.807) is 0 Å². The van der Waals surface area contributed by atoms with Gasteiger partial charge in [-0.25, -0.2) is 4.79 Å². The molecule has 0 saturated heterocycles. The Kier molecular flexibility index (Phi) is 4.35. The molecule has 2 N–H and O–H groups in total. The van der Waals surface area contributed by atoms with Crippen molar-refractivity contribution in [1.29, 1.82) is 0 Å². The van der Waals surface area contributed by atoms with E-state index in [4.69, 9.17) is 10.5 Å². The van der Waals surface area contributed by atoms with Gasteiger partial charge in [0.15, 0.2) is 0 Å². The van der Waals surface area contributed by atoms with Gasteiger partial charge in [0, 0.05) is 6.07 Å². The number of rotatable bonds is 4. The molecule has 8 heteroatoms. The molecule has 0 amide bonds. The second-order valence-electron chi connectivity index (χ2n) is 3.29.